The number of halogens is 4. The molecule has 0 saturated carbocycles. The maximum atomic E-state index is 14.7. The Morgan fingerprint density at radius 1 is 0.918 bits per heavy atom. The van der Waals surface area contributed by atoms with Crippen LogP contribution >= 0.6 is 0 Å². The average Bonchev–Trinajstić information content (AvgIpc) is 3.05. The first-order valence-electron chi connectivity index (χ1n) is 16.1. The van der Waals surface area contributed by atoms with Gasteiger partial charge in [-0.2, -0.15) is 13.2 Å². The number of fused-ring (bicyclic) bond motifs is 1. The highest BCUT2D eigenvalue weighted by Crippen LogP contribution is 2.33. The molecule has 3 aromatic rings. The number of likely N-dealkylation sites (N-methyl/N-ethyl adjacent to an activating group) is 1. The van der Waals surface area contributed by atoms with E-state index in [2.05, 4.69) is 5.32 Å². The van der Waals surface area contributed by atoms with E-state index in [-0.39, 0.29) is 44.2 Å². The molecule has 0 spiro atoms. The van der Waals surface area contributed by atoms with E-state index in [4.69, 9.17) is 0 Å². The van der Waals surface area contributed by atoms with Gasteiger partial charge >= 0.3 is 18.1 Å². The number of nitrogens with one attached hydrogen (secondary N) is 2. The first-order valence-corrected chi connectivity index (χ1v) is 16.1. The summed E-state index contributed by atoms with van der Waals surface area (Å²) in [6.07, 6.45) is -5.08. The number of amides is 3. The van der Waals surface area contributed by atoms with Gasteiger partial charge in [-0.15, -0.1) is 0 Å². The summed E-state index contributed by atoms with van der Waals surface area (Å²) in [5.41, 5.74) is -1.13. The van der Waals surface area contributed by atoms with Gasteiger partial charge in [0.15, 0.2) is 5.66 Å². The summed E-state index contributed by atoms with van der Waals surface area (Å²) in [5.74, 6) is -6.18. The molecule has 3 atom stereocenters. The molecule has 2 aliphatic rings. The molecule has 0 radical (unpaired) electrons. The number of benzene rings is 3. The highest BCUT2D eigenvalue weighted by molar-refractivity contribution is 5.94. The monoisotopic (exact) mass is 685 g/mol. The van der Waals surface area contributed by atoms with Gasteiger partial charge in [0.05, 0.1) is 12.0 Å². The first-order chi connectivity index (χ1) is 23.2. The number of carbonyl (C=O) groups excluding carboxylic acids is 3. The summed E-state index contributed by atoms with van der Waals surface area (Å²) in [6, 6.07) is 17.4. The summed E-state index contributed by atoms with van der Waals surface area (Å²) in [5, 5.41) is 16.3. The number of aliphatic carboxylic acids is 1. The number of carboxylic acid groups (broad SMARTS) is 1. The second kappa shape index (κ2) is 14.5. The highest BCUT2D eigenvalue weighted by atomic mass is 19.4. The Labute approximate surface area is 281 Å². The molecule has 2 saturated heterocycles. The van der Waals surface area contributed by atoms with E-state index in [0.29, 0.717) is 12.8 Å². The van der Waals surface area contributed by atoms with Crippen LogP contribution in [0.15, 0.2) is 66.7 Å². The normalized spacial score (nSPS) is 19.5. The summed E-state index contributed by atoms with van der Waals surface area (Å²) >= 11 is 0. The zero-order valence-electron chi connectivity index (χ0n) is 27.2. The van der Waals surface area contributed by atoms with Crippen molar-refractivity contribution < 1.29 is 41.8 Å². The summed E-state index contributed by atoms with van der Waals surface area (Å²) < 4.78 is 55.1. The summed E-state index contributed by atoms with van der Waals surface area (Å²) in [4.78, 5) is 56.8. The lowest BCUT2D eigenvalue weighted by molar-refractivity contribution is -0.187. The number of carboxylic acids is 1. The molecule has 49 heavy (non-hydrogen) atoms. The van der Waals surface area contributed by atoms with Gasteiger partial charge < -0.3 is 20.6 Å². The second-order valence-corrected chi connectivity index (χ2v) is 12.6. The minimum absolute atomic E-state index is 0.0197. The highest BCUT2D eigenvalue weighted by Gasteiger charge is 2.57. The molecular weight excluding hydrogens is 646 g/mol. The van der Waals surface area contributed by atoms with Gasteiger partial charge in [-0.05, 0) is 46.9 Å². The quantitative estimate of drug-likeness (QED) is 0.265. The van der Waals surface area contributed by atoms with Crippen LogP contribution in [-0.4, -0.2) is 107 Å². The van der Waals surface area contributed by atoms with E-state index in [0.717, 1.165) is 28.5 Å². The summed E-state index contributed by atoms with van der Waals surface area (Å²) in [7, 11) is 1.54. The standard InChI is InChI=1S/C35H39F4N5O5/c1-3-28-21-42(29(30(45)40-2)17-23-8-11-24-6-4-5-7-25(24)16-23)14-15-44(28)33(49)34(41-32(48)35(37,38)39,43-19-26(20-43)31(46)47)18-22-9-12-27(36)13-10-22/h4-13,16,26,28-29H,3,14-15,17-21H2,1-2H3,(H,40,45)(H,41,48)(H,46,47). The molecule has 14 heteroatoms. The van der Waals surface area contributed by atoms with E-state index in [1.807, 2.05) is 59.6 Å². The zero-order valence-corrected chi connectivity index (χ0v) is 27.2. The molecule has 2 aliphatic heterocycles. The molecule has 0 aromatic heterocycles. The van der Waals surface area contributed by atoms with Crippen LogP contribution in [-0.2, 0) is 32.0 Å². The largest absolute Gasteiger partial charge is 0.481 e. The van der Waals surface area contributed by atoms with Crippen molar-refractivity contribution in [1.82, 2.24) is 25.3 Å². The Hall–Kier alpha value is -4.56. The number of alkyl halides is 3. The predicted molar refractivity (Wildman–Crippen MR) is 173 cm³/mol. The van der Waals surface area contributed by atoms with Crippen molar-refractivity contribution in [1.29, 1.82) is 0 Å². The Morgan fingerprint density at radius 3 is 2.18 bits per heavy atom. The molecule has 0 aliphatic carbocycles. The van der Waals surface area contributed by atoms with Crippen molar-refractivity contribution in [3.8, 4) is 0 Å². The lowest BCUT2D eigenvalue weighted by Crippen LogP contribution is -2.77. The van der Waals surface area contributed by atoms with E-state index in [1.165, 1.54) is 29.0 Å². The Morgan fingerprint density at radius 2 is 1.57 bits per heavy atom. The van der Waals surface area contributed by atoms with Gasteiger partial charge in [0.25, 0.3) is 5.91 Å². The van der Waals surface area contributed by atoms with Gasteiger partial charge in [0.1, 0.15) is 5.82 Å². The van der Waals surface area contributed by atoms with E-state index >= 15 is 0 Å². The lowest BCUT2D eigenvalue weighted by atomic mass is 9.87. The fraction of sp³-hybridized carbons (Fsp3) is 0.429. The molecule has 2 fully saturated rings. The third-order valence-corrected chi connectivity index (χ3v) is 9.55. The van der Waals surface area contributed by atoms with E-state index < -0.39 is 59.9 Å². The third-order valence-electron chi connectivity index (χ3n) is 9.55. The van der Waals surface area contributed by atoms with Crippen molar-refractivity contribution in [2.45, 2.75) is 50.1 Å². The zero-order chi connectivity index (χ0) is 35.5. The maximum Gasteiger partial charge on any atom is 0.471 e. The molecule has 2 heterocycles. The topological polar surface area (TPSA) is 122 Å². The van der Waals surface area contributed by atoms with Crippen molar-refractivity contribution >= 4 is 34.5 Å². The summed E-state index contributed by atoms with van der Waals surface area (Å²) in [6.45, 7) is 1.67. The molecule has 10 nitrogen and oxygen atoms in total. The van der Waals surface area contributed by atoms with Crippen molar-refractivity contribution in [2.75, 3.05) is 39.8 Å². The fourth-order valence-corrected chi connectivity index (χ4v) is 6.76. The molecule has 262 valence electrons. The van der Waals surface area contributed by atoms with Crippen molar-refractivity contribution in [3.05, 3.63) is 83.7 Å². The van der Waals surface area contributed by atoms with Gasteiger partial charge in [0, 0.05) is 52.2 Å². The van der Waals surface area contributed by atoms with Crippen LogP contribution in [0.2, 0.25) is 0 Å². The molecule has 3 unspecified atom stereocenters. The Balaban J connectivity index is 1.46. The van der Waals surface area contributed by atoms with Crippen molar-refractivity contribution in [3.63, 3.8) is 0 Å². The van der Waals surface area contributed by atoms with Crippen LogP contribution in [0.1, 0.15) is 24.5 Å². The van der Waals surface area contributed by atoms with Crippen LogP contribution in [0.5, 0.6) is 0 Å². The van der Waals surface area contributed by atoms with Gasteiger partial charge in [0.2, 0.25) is 5.91 Å². The maximum absolute atomic E-state index is 14.7. The molecule has 3 aromatic carbocycles. The van der Waals surface area contributed by atoms with Gasteiger partial charge in [-0.25, -0.2) is 4.39 Å². The number of carbonyl (C=O) groups is 4. The van der Waals surface area contributed by atoms with Gasteiger partial charge in [-0.1, -0.05) is 61.5 Å². The molecular formula is C35H39F4N5O5. The number of hydrogen-bond donors (Lipinski definition) is 3. The van der Waals surface area contributed by atoms with Gasteiger partial charge in [-0.3, -0.25) is 29.0 Å². The number of rotatable bonds is 11. The van der Waals surface area contributed by atoms with Crippen LogP contribution in [0.25, 0.3) is 10.8 Å². The smallest absolute Gasteiger partial charge is 0.471 e. The molecule has 0 bridgehead atoms. The van der Waals surface area contributed by atoms with Crippen LogP contribution in [0, 0.1) is 11.7 Å². The number of likely N-dealkylation sites (tertiary alicyclic amines) is 1. The fourth-order valence-electron chi connectivity index (χ4n) is 6.76. The third kappa shape index (κ3) is 7.70. The number of piperazine rings is 1. The Bertz CT molecular complexity index is 1700. The van der Waals surface area contributed by atoms with Crippen molar-refractivity contribution in [2.24, 2.45) is 5.92 Å². The van der Waals surface area contributed by atoms with E-state index in [9.17, 15) is 41.8 Å². The minimum Gasteiger partial charge on any atom is -0.481 e. The average molecular weight is 686 g/mol. The Kier molecular flexibility index (Phi) is 10.6. The first kappa shape index (κ1) is 35.7. The minimum atomic E-state index is -5.35. The predicted octanol–water partition coefficient (Wildman–Crippen LogP) is 3.19. The lowest BCUT2D eigenvalue weighted by Gasteiger charge is -2.53. The SMILES string of the molecule is CCC1CN(C(Cc2ccc3ccccc3c2)C(=O)NC)CCN1C(=O)C(Cc1ccc(F)cc1)(NC(=O)C(F)(F)F)N1CC(C(=O)O)C1. The molecule has 3 amide bonds. The second-order valence-electron chi connectivity index (χ2n) is 12.6. The van der Waals surface area contributed by atoms with E-state index in [1.54, 1.807) is 0 Å². The number of hydrogen-bond acceptors (Lipinski definition) is 6. The van der Waals surface area contributed by atoms with Crippen LogP contribution in [0.4, 0.5) is 17.6 Å². The number of nitrogens with zero attached hydrogens (tertiary/aromatic N) is 3. The van der Waals surface area contributed by atoms with Crippen LogP contribution in [0.3, 0.4) is 0 Å². The van der Waals surface area contributed by atoms with Crippen LogP contribution < -0.4 is 10.6 Å². The molecule has 3 N–H and O–H groups in total. The molecule has 5 rings (SSSR count).